The number of hydrogen-bond acceptors (Lipinski definition) is 3. The number of nitrogens with zero attached hydrogens (tertiary/aromatic N) is 3. The lowest BCUT2D eigenvalue weighted by molar-refractivity contribution is 0.626. The monoisotopic (exact) mass is 276 g/mol. The number of benzene rings is 1. The summed E-state index contributed by atoms with van der Waals surface area (Å²) in [5, 5.41) is 0.480. The lowest BCUT2D eigenvalue weighted by Crippen LogP contribution is -2.03. The van der Waals surface area contributed by atoms with Crippen LogP contribution < -0.4 is 5.73 Å². The van der Waals surface area contributed by atoms with Crippen molar-refractivity contribution in [2.24, 2.45) is 0 Å². The summed E-state index contributed by atoms with van der Waals surface area (Å²) in [7, 11) is 0. The molecule has 0 radical (unpaired) electrons. The first-order valence-electron chi connectivity index (χ1n) is 5.62. The number of hydrogen-bond donors (Lipinski definition) is 1. The van der Waals surface area contributed by atoms with E-state index in [9.17, 15) is 4.39 Å². The first-order valence-corrected chi connectivity index (χ1v) is 6.00. The normalized spacial score (nSPS) is 11.1. The zero-order valence-electron chi connectivity index (χ0n) is 10.1. The summed E-state index contributed by atoms with van der Waals surface area (Å²) in [5.41, 5.74) is 8.53. The van der Waals surface area contributed by atoms with Gasteiger partial charge < -0.3 is 5.73 Å². The van der Waals surface area contributed by atoms with E-state index in [1.807, 2.05) is 6.92 Å². The second-order valence-corrected chi connectivity index (χ2v) is 4.67. The maximum atomic E-state index is 13.4. The van der Waals surface area contributed by atoms with Crippen molar-refractivity contribution in [3.63, 3.8) is 0 Å². The third-order valence-electron chi connectivity index (χ3n) is 2.90. The highest BCUT2D eigenvalue weighted by atomic mass is 35.5. The van der Waals surface area contributed by atoms with Crippen LogP contribution in [0.1, 0.15) is 5.56 Å². The number of aryl methyl sites for hydroxylation is 1. The Labute approximate surface area is 113 Å². The van der Waals surface area contributed by atoms with Gasteiger partial charge in [-0.05, 0) is 30.7 Å². The molecule has 0 atom stereocenters. The smallest absolute Gasteiger partial charge is 0.207 e. The minimum absolute atomic E-state index is 0.249. The molecule has 0 aliphatic carbocycles. The Morgan fingerprint density at radius 3 is 2.89 bits per heavy atom. The molecule has 1 aromatic carbocycles. The van der Waals surface area contributed by atoms with E-state index in [1.165, 1.54) is 18.3 Å². The minimum atomic E-state index is -0.337. The van der Waals surface area contributed by atoms with Crippen LogP contribution in [-0.2, 0) is 0 Å². The van der Waals surface area contributed by atoms with Crippen molar-refractivity contribution in [2.75, 3.05) is 5.73 Å². The third kappa shape index (κ3) is 1.92. The highest BCUT2D eigenvalue weighted by Crippen LogP contribution is 2.25. The number of nitrogen functional groups attached to an aromatic ring is 1. The van der Waals surface area contributed by atoms with Crippen molar-refractivity contribution < 1.29 is 4.39 Å². The summed E-state index contributed by atoms with van der Waals surface area (Å²) in [5.74, 6) is -0.0886. The topological polar surface area (TPSA) is 56.7 Å². The van der Waals surface area contributed by atoms with Crippen molar-refractivity contribution in [1.82, 2.24) is 14.5 Å². The van der Waals surface area contributed by atoms with Crippen molar-refractivity contribution in [1.29, 1.82) is 0 Å². The molecule has 2 aromatic heterocycles. The fraction of sp³-hybridized carbons (Fsp3) is 0.0769. The van der Waals surface area contributed by atoms with Crippen LogP contribution in [0.5, 0.6) is 0 Å². The molecule has 0 fully saturated rings. The molecule has 4 nitrogen and oxygen atoms in total. The van der Waals surface area contributed by atoms with E-state index < -0.39 is 0 Å². The second kappa shape index (κ2) is 4.20. The van der Waals surface area contributed by atoms with Crippen LogP contribution in [0.25, 0.3) is 16.9 Å². The fourth-order valence-corrected chi connectivity index (χ4v) is 2.17. The van der Waals surface area contributed by atoms with Crippen LogP contribution in [0.3, 0.4) is 0 Å². The zero-order valence-corrected chi connectivity index (χ0v) is 10.8. The van der Waals surface area contributed by atoms with Crippen LogP contribution in [0.4, 0.5) is 10.3 Å². The predicted molar refractivity (Wildman–Crippen MR) is 73.0 cm³/mol. The lowest BCUT2D eigenvalue weighted by atomic mass is 10.2. The summed E-state index contributed by atoms with van der Waals surface area (Å²) in [6, 6.07) is 6.17. The Balaban J connectivity index is 2.36. The number of halogens is 2. The molecule has 0 spiro atoms. The summed E-state index contributed by atoms with van der Waals surface area (Å²) in [4.78, 5) is 8.41. The van der Waals surface area contributed by atoms with E-state index in [-0.39, 0.29) is 11.8 Å². The van der Waals surface area contributed by atoms with Crippen LogP contribution in [0, 0.1) is 12.7 Å². The molecule has 19 heavy (non-hydrogen) atoms. The van der Waals surface area contributed by atoms with E-state index in [0.29, 0.717) is 21.9 Å². The van der Waals surface area contributed by atoms with Gasteiger partial charge in [0, 0.05) is 6.20 Å². The molecule has 0 unspecified atom stereocenters. The summed E-state index contributed by atoms with van der Waals surface area (Å²) >= 11 is 5.87. The first-order chi connectivity index (χ1) is 9.06. The molecule has 6 heteroatoms. The standard InChI is InChI=1S/C13H10ClFN4/c1-7-2-3-9(15)5-11(7)19-12-10(18-13(19)16)4-8(14)6-17-12/h2-6H,1H3,(H2,16,18). The van der Waals surface area contributed by atoms with Gasteiger partial charge in [-0.15, -0.1) is 0 Å². The van der Waals surface area contributed by atoms with E-state index in [1.54, 1.807) is 16.7 Å². The van der Waals surface area contributed by atoms with Crippen LogP contribution in [0.2, 0.25) is 5.02 Å². The lowest BCUT2D eigenvalue weighted by Gasteiger charge is -2.09. The number of rotatable bonds is 1. The number of fused-ring (bicyclic) bond motifs is 1. The van der Waals surface area contributed by atoms with Gasteiger partial charge in [0.25, 0.3) is 0 Å². The van der Waals surface area contributed by atoms with E-state index >= 15 is 0 Å². The quantitative estimate of drug-likeness (QED) is 0.743. The SMILES string of the molecule is Cc1ccc(F)cc1-n1c(N)nc2cc(Cl)cnc21. The van der Waals surface area contributed by atoms with E-state index in [2.05, 4.69) is 9.97 Å². The second-order valence-electron chi connectivity index (χ2n) is 4.23. The van der Waals surface area contributed by atoms with Crippen molar-refractivity contribution in [3.8, 4) is 5.69 Å². The Morgan fingerprint density at radius 1 is 1.32 bits per heavy atom. The fourth-order valence-electron chi connectivity index (χ4n) is 2.02. The zero-order chi connectivity index (χ0) is 13.6. The highest BCUT2D eigenvalue weighted by Gasteiger charge is 2.14. The van der Waals surface area contributed by atoms with Crippen molar-refractivity contribution >= 4 is 28.7 Å². The molecule has 96 valence electrons. The van der Waals surface area contributed by atoms with Crippen LogP contribution >= 0.6 is 11.6 Å². The van der Waals surface area contributed by atoms with Crippen molar-refractivity contribution in [2.45, 2.75) is 6.92 Å². The number of pyridine rings is 1. The van der Waals surface area contributed by atoms with Gasteiger partial charge in [-0.25, -0.2) is 14.4 Å². The predicted octanol–water partition coefficient (Wildman–Crippen LogP) is 3.10. The maximum absolute atomic E-state index is 13.4. The molecular weight excluding hydrogens is 267 g/mol. The number of aromatic nitrogens is 3. The average Bonchev–Trinajstić information content (AvgIpc) is 2.67. The van der Waals surface area contributed by atoms with Gasteiger partial charge in [-0.3, -0.25) is 4.57 Å². The molecule has 2 heterocycles. The number of nitrogens with two attached hydrogens (primary N) is 1. The third-order valence-corrected chi connectivity index (χ3v) is 3.11. The van der Waals surface area contributed by atoms with E-state index in [4.69, 9.17) is 17.3 Å². The minimum Gasteiger partial charge on any atom is -0.369 e. The van der Waals surface area contributed by atoms with E-state index in [0.717, 1.165) is 5.56 Å². The van der Waals surface area contributed by atoms with Gasteiger partial charge >= 0.3 is 0 Å². The molecule has 0 saturated carbocycles. The maximum Gasteiger partial charge on any atom is 0.207 e. The van der Waals surface area contributed by atoms with Gasteiger partial charge in [0.15, 0.2) is 5.65 Å². The number of anilines is 1. The Morgan fingerprint density at radius 2 is 2.11 bits per heavy atom. The summed E-state index contributed by atoms with van der Waals surface area (Å²) in [6.07, 6.45) is 1.51. The molecule has 3 rings (SSSR count). The van der Waals surface area contributed by atoms with Gasteiger partial charge in [-0.2, -0.15) is 0 Å². The van der Waals surface area contributed by atoms with Crippen LogP contribution in [-0.4, -0.2) is 14.5 Å². The summed E-state index contributed by atoms with van der Waals surface area (Å²) in [6.45, 7) is 1.87. The Hall–Kier alpha value is -2.14. The van der Waals surface area contributed by atoms with Crippen molar-refractivity contribution in [3.05, 3.63) is 46.9 Å². The molecule has 2 N–H and O–H groups in total. The average molecular weight is 277 g/mol. The van der Waals surface area contributed by atoms with Crippen LogP contribution in [0.15, 0.2) is 30.5 Å². The number of imidazole rings is 1. The molecule has 0 bridgehead atoms. The molecular formula is C13H10ClFN4. The Kier molecular flexibility index (Phi) is 2.64. The van der Waals surface area contributed by atoms with Gasteiger partial charge in [0.05, 0.1) is 10.7 Å². The molecule has 0 amide bonds. The molecule has 0 aliphatic rings. The summed E-state index contributed by atoms with van der Waals surface area (Å²) < 4.78 is 15.0. The molecule has 0 saturated heterocycles. The molecule has 0 aliphatic heterocycles. The highest BCUT2D eigenvalue weighted by molar-refractivity contribution is 6.31. The first kappa shape index (κ1) is 11.9. The largest absolute Gasteiger partial charge is 0.369 e. The van der Waals surface area contributed by atoms with Gasteiger partial charge in [-0.1, -0.05) is 17.7 Å². The Bertz CT molecular complexity index is 782. The van der Waals surface area contributed by atoms with Gasteiger partial charge in [0.2, 0.25) is 5.95 Å². The van der Waals surface area contributed by atoms with Gasteiger partial charge in [0.1, 0.15) is 11.3 Å². The molecule has 3 aromatic rings.